The fourth-order valence-electron chi connectivity index (χ4n) is 2.46. The van der Waals surface area contributed by atoms with Crippen molar-refractivity contribution in [2.45, 2.75) is 39.2 Å². The molecule has 0 spiro atoms. The molecule has 23 heavy (non-hydrogen) atoms. The molecule has 1 fully saturated rings. The lowest BCUT2D eigenvalue weighted by molar-refractivity contribution is -0.121. The van der Waals surface area contributed by atoms with Crippen molar-refractivity contribution in [3.05, 3.63) is 30.1 Å². The van der Waals surface area contributed by atoms with Crippen LogP contribution in [0.25, 0.3) is 0 Å². The van der Waals surface area contributed by atoms with E-state index in [9.17, 15) is 14.0 Å². The van der Waals surface area contributed by atoms with Gasteiger partial charge in [0.2, 0.25) is 5.91 Å². The first kappa shape index (κ1) is 17.2. The van der Waals surface area contributed by atoms with Gasteiger partial charge in [0.15, 0.2) is 0 Å². The van der Waals surface area contributed by atoms with E-state index in [1.165, 1.54) is 24.3 Å². The standard InChI is InChI=1S/C17H23FN2O3/c1-17(2,3)23-16(22)20-10-4-5-12(11-20)15(21)19-14-8-6-13(18)7-9-14/h6-9,12H,4-5,10-11H2,1-3H3,(H,19,21)/t12-/m0/s1. The number of likely N-dealkylation sites (tertiary alicyclic amines) is 1. The van der Waals surface area contributed by atoms with Crippen LogP contribution in [-0.4, -0.2) is 35.6 Å². The second-order valence-electron chi connectivity index (χ2n) is 6.76. The summed E-state index contributed by atoms with van der Waals surface area (Å²) in [5, 5.41) is 2.76. The highest BCUT2D eigenvalue weighted by molar-refractivity contribution is 5.93. The lowest BCUT2D eigenvalue weighted by Gasteiger charge is -2.33. The molecule has 0 bridgehead atoms. The van der Waals surface area contributed by atoms with Crippen LogP contribution in [-0.2, 0) is 9.53 Å². The summed E-state index contributed by atoms with van der Waals surface area (Å²) >= 11 is 0. The van der Waals surface area contributed by atoms with Crippen LogP contribution in [0.2, 0.25) is 0 Å². The first-order valence-corrected chi connectivity index (χ1v) is 7.79. The number of benzene rings is 1. The fraction of sp³-hybridized carbons (Fsp3) is 0.529. The highest BCUT2D eigenvalue weighted by Crippen LogP contribution is 2.21. The van der Waals surface area contributed by atoms with E-state index in [1.54, 1.807) is 4.90 Å². The van der Waals surface area contributed by atoms with Crippen molar-refractivity contribution in [2.24, 2.45) is 5.92 Å². The average Bonchev–Trinajstić information content (AvgIpc) is 2.48. The van der Waals surface area contributed by atoms with E-state index < -0.39 is 11.7 Å². The normalized spacial score (nSPS) is 18.4. The Morgan fingerprint density at radius 3 is 2.52 bits per heavy atom. The minimum atomic E-state index is -0.555. The third-order valence-corrected chi connectivity index (χ3v) is 3.56. The van der Waals surface area contributed by atoms with E-state index in [4.69, 9.17) is 4.74 Å². The number of rotatable bonds is 2. The van der Waals surface area contributed by atoms with Crippen LogP contribution < -0.4 is 5.32 Å². The van der Waals surface area contributed by atoms with Crippen molar-refractivity contribution in [1.29, 1.82) is 0 Å². The highest BCUT2D eigenvalue weighted by atomic mass is 19.1. The number of anilines is 1. The lowest BCUT2D eigenvalue weighted by Crippen LogP contribution is -2.45. The molecule has 0 saturated carbocycles. The molecule has 2 rings (SSSR count). The van der Waals surface area contributed by atoms with Gasteiger partial charge in [-0.3, -0.25) is 4.79 Å². The molecule has 1 atom stereocenters. The summed E-state index contributed by atoms with van der Waals surface area (Å²) in [7, 11) is 0. The third-order valence-electron chi connectivity index (χ3n) is 3.56. The summed E-state index contributed by atoms with van der Waals surface area (Å²) in [6.45, 7) is 6.37. The maximum Gasteiger partial charge on any atom is 0.410 e. The Kier molecular flexibility index (Phi) is 5.23. The molecule has 1 aromatic rings. The maximum atomic E-state index is 12.9. The molecule has 1 aromatic carbocycles. The van der Waals surface area contributed by atoms with Gasteiger partial charge in [-0.15, -0.1) is 0 Å². The number of amides is 2. The van der Waals surface area contributed by atoms with Gasteiger partial charge in [0.05, 0.1) is 5.92 Å². The summed E-state index contributed by atoms with van der Waals surface area (Å²) in [5.41, 5.74) is -0.00813. The van der Waals surface area contributed by atoms with Gasteiger partial charge in [-0.05, 0) is 57.9 Å². The van der Waals surface area contributed by atoms with E-state index in [0.29, 0.717) is 25.2 Å². The van der Waals surface area contributed by atoms with Crippen molar-refractivity contribution < 1.29 is 18.7 Å². The van der Waals surface area contributed by atoms with Crippen LogP contribution in [0, 0.1) is 11.7 Å². The van der Waals surface area contributed by atoms with E-state index in [2.05, 4.69) is 5.32 Å². The van der Waals surface area contributed by atoms with Crippen molar-refractivity contribution in [3.8, 4) is 0 Å². The predicted octanol–water partition coefficient (Wildman–Crippen LogP) is 3.41. The lowest BCUT2D eigenvalue weighted by atomic mass is 9.97. The van der Waals surface area contributed by atoms with Gasteiger partial charge in [-0.1, -0.05) is 0 Å². The Balaban J connectivity index is 1.93. The summed E-state index contributed by atoms with van der Waals surface area (Å²) in [4.78, 5) is 26.0. The molecule has 0 aliphatic carbocycles. The number of piperidine rings is 1. The third kappa shape index (κ3) is 5.23. The monoisotopic (exact) mass is 322 g/mol. The Morgan fingerprint density at radius 1 is 1.26 bits per heavy atom. The molecule has 1 saturated heterocycles. The number of carbonyl (C=O) groups excluding carboxylic acids is 2. The molecular weight excluding hydrogens is 299 g/mol. The van der Waals surface area contributed by atoms with E-state index in [1.807, 2.05) is 20.8 Å². The molecule has 126 valence electrons. The number of hydrogen-bond acceptors (Lipinski definition) is 3. The first-order valence-electron chi connectivity index (χ1n) is 7.79. The van der Waals surface area contributed by atoms with Crippen LogP contribution in [0.5, 0.6) is 0 Å². The number of nitrogens with one attached hydrogen (secondary N) is 1. The summed E-state index contributed by atoms with van der Waals surface area (Å²) in [5.74, 6) is -0.803. The Labute approximate surface area is 135 Å². The van der Waals surface area contributed by atoms with Crippen molar-refractivity contribution in [3.63, 3.8) is 0 Å². The van der Waals surface area contributed by atoms with Crippen molar-refractivity contribution >= 4 is 17.7 Å². The van der Waals surface area contributed by atoms with Crippen LogP contribution in [0.1, 0.15) is 33.6 Å². The molecule has 0 aromatic heterocycles. The molecule has 5 nitrogen and oxygen atoms in total. The molecule has 1 heterocycles. The van der Waals surface area contributed by atoms with Gasteiger partial charge in [0.25, 0.3) is 0 Å². The quantitative estimate of drug-likeness (QED) is 0.908. The number of hydrogen-bond donors (Lipinski definition) is 1. The maximum absolute atomic E-state index is 12.9. The van der Waals surface area contributed by atoms with Gasteiger partial charge in [0, 0.05) is 18.8 Å². The second-order valence-corrected chi connectivity index (χ2v) is 6.76. The van der Waals surface area contributed by atoms with Gasteiger partial charge in [0.1, 0.15) is 11.4 Å². The molecule has 1 aliphatic heterocycles. The minimum absolute atomic E-state index is 0.162. The van der Waals surface area contributed by atoms with Crippen molar-refractivity contribution in [2.75, 3.05) is 18.4 Å². The SMILES string of the molecule is CC(C)(C)OC(=O)N1CCC[C@H](C(=O)Nc2ccc(F)cc2)C1. The molecule has 0 unspecified atom stereocenters. The summed E-state index contributed by atoms with van der Waals surface area (Å²) in [6.07, 6.45) is 1.07. The van der Waals surface area contributed by atoms with Gasteiger partial charge in [-0.25, -0.2) is 9.18 Å². The van der Waals surface area contributed by atoms with E-state index >= 15 is 0 Å². The highest BCUT2D eigenvalue weighted by Gasteiger charge is 2.31. The molecule has 1 N–H and O–H groups in total. The zero-order chi connectivity index (χ0) is 17.0. The van der Waals surface area contributed by atoms with E-state index in [0.717, 1.165) is 6.42 Å². The van der Waals surface area contributed by atoms with Crippen LogP contribution in [0.15, 0.2) is 24.3 Å². The van der Waals surface area contributed by atoms with Crippen LogP contribution in [0.4, 0.5) is 14.9 Å². The topological polar surface area (TPSA) is 58.6 Å². The Hall–Kier alpha value is -2.11. The van der Waals surface area contributed by atoms with Crippen LogP contribution in [0.3, 0.4) is 0 Å². The zero-order valence-electron chi connectivity index (χ0n) is 13.8. The molecule has 1 aliphatic rings. The largest absolute Gasteiger partial charge is 0.444 e. The van der Waals surface area contributed by atoms with Gasteiger partial charge in [-0.2, -0.15) is 0 Å². The first-order chi connectivity index (χ1) is 10.7. The van der Waals surface area contributed by atoms with E-state index in [-0.39, 0.29) is 17.6 Å². The van der Waals surface area contributed by atoms with Gasteiger partial charge >= 0.3 is 6.09 Å². The molecule has 6 heteroatoms. The van der Waals surface area contributed by atoms with Crippen LogP contribution >= 0.6 is 0 Å². The van der Waals surface area contributed by atoms with Gasteiger partial charge < -0.3 is 15.0 Å². The smallest absolute Gasteiger partial charge is 0.410 e. The Bertz CT molecular complexity index is 566. The summed E-state index contributed by atoms with van der Waals surface area (Å²) < 4.78 is 18.2. The number of ether oxygens (including phenoxy) is 1. The molecular formula is C17H23FN2O3. The number of halogens is 1. The average molecular weight is 322 g/mol. The molecule has 0 radical (unpaired) electrons. The minimum Gasteiger partial charge on any atom is -0.444 e. The second kappa shape index (κ2) is 6.98. The number of carbonyl (C=O) groups is 2. The number of nitrogens with zero attached hydrogens (tertiary/aromatic N) is 1. The zero-order valence-corrected chi connectivity index (χ0v) is 13.8. The summed E-state index contributed by atoms with van der Waals surface area (Å²) in [6, 6.07) is 5.62. The fourth-order valence-corrected chi connectivity index (χ4v) is 2.46. The predicted molar refractivity (Wildman–Crippen MR) is 85.6 cm³/mol. The molecule has 2 amide bonds. The van der Waals surface area contributed by atoms with Crippen molar-refractivity contribution in [1.82, 2.24) is 4.90 Å². The Morgan fingerprint density at radius 2 is 1.91 bits per heavy atom.